The molecule has 1 aromatic rings. The normalized spacial score (nSPS) is 15.8. The number of hydrogen-bond acceptors (Lipinski definition) is 6. The Hall–Kier alpha value is -3.83. The van der Waals surface area contributed by atoms with Gasteiger partial charge in [-0.05, 0) is 24.3 Å². The van der Waals surface area contributed by atoms with Gasteiger partial charge in [0.2, 0.25) is 5.91 Å². The van der Waals surface area contributed by atoms with E-state index in [0.29, 0.717) is 11.4 Å². The second-order valence-corrected chi connectivity index (χ2v) is 5.00. The topological polar surface area (TPSA) is 141 Å². The van der Waals surface area contributed by atoms with Crippen LogP contribution < -0.4 is 10.2 Å². The SMILES string of the molecule is N#CC(C#N)=C(C#N)Nc1ccc(N2CC(C(=O)O)CC2=O)cc1. The largest absolute Gasteiger partial charge is 0.481 e. The first-order chi connectivity index (χ1) is 11.5. The maximum atomic E-state index is 11.9. The Morgan fingerprint density at radius 2 is 1.79 bits per heavy atom. The average Bonchev–Trinajstić information content (AvgIpc) is 2.97. The molecule has 1 atom stereocenters. The van der Waals surface area contributed by atoms with Gasteiger partial charge in [0, 0.05) is 24.3 Å². The van der Waals surface area contributed by atoms with E-state index in [9.17, 15) is 9.59 Å². The first kappa shape index (κ1) is 16.5. The summed E-state index contributed by atoms with van der Waals surface area (Å²) in [4.78, 5) is 24.3. The summed E-state index contributed by atoms with van der Waals surface area (Å²) < 4.78 is 0. The van der Waals surface area contributed by atoms with Crippen molar-refractivity contribution in [2.24, 2.45) is 5.92 Å². The number of carbonyl (C=O) groups excluding carboxylic acids is 1. The number of amides is 1. The molecule has 0 aromatic heterocycles. The molecule has 2 rings (SSSR count). The zero-order chi connectivity index (χ0) is 17.7. The molecule has 0 aliphatic carbocycles. The van der Waals surface area contributed by atoms with Gasteiger partial charge in [-0.2, -0.15) is 15.8 Å². The molecule has 1 aliphatic heterocycles. The summed E-state index contributed by atoms with van der Waals surface area (Å²) >= 11 is 0. The number of hydrogen-bond donors (Lipinski definition) is 2. The maximum absolute atomic E-state index is 11.9. The van der Waals surface area contributed by atoms with Crippen LogP contribution in [0.4, 0.5) is 11.4 Å². The first-order valence-corrected chi connectivity index (χ1v) is 6.85. The summed E-state index contributed by atoms with van der Waals surface area (Å²) in [6.45, 7) is 0.108. The zero-order valence-corrected chi connectivity index (χ0v) is 12.4. The molecule has 1 aliphatic rings. The van der Waals surface area contributed by atoms with E-state index in [2.05, 4.69) is 5.32 Å². The Bertz CT molecular complexity index is 820. The summed E-state index contributed by atoms with van der Waals surface area (Å²) in [7, 11) is 0. The van der Waals surface area contributed by atoms with Gasteiger partial charge < -0.3 is 15.3 Å². The number of carbonyl (C=O) groups is 2. The molecule has 0 saturated carbocycles. The van der Waals surface area contributed by atoms with E-state index in [4.69, 9.17) is 20.9 Å². The predicted molar refractivity (Wildman–Crippen MR) is 82.0 cm³/mol. The molecule has 8 heteroatoms. The van der Waals surface area contributed by atoms with E-state index in [-0.39, 0.29) is 30.1 Å². The highest BCUT2D eigenvalue weighted by molar-refractivity contribution is 5.99. The Balaban J connectivity index is 2.18. The van der Waals surface area contributed by atoms with E-state index in [1.54, 1.807) is 42.5 Å². The Morgan fingerprint density at radius 1 is 1.17 bits per heavy atom. The van der Waals surface area contributed by atoms with Crippen LogP contribution in [-0.4, -0.2) is 23.5 Å². The lowest BCUT2D eigenvalue weighted by atomic mass is 10.1. The fourth-order valence-electron chi connectivity index (χ4n) is 2.27. The van der Waals surface area contributed by atoms with Crippen LogP contribution >= 0.6 is 0 Å². The van der Waals surface area contributed by atoms with Crippen LogP contribution in [-0.2, 0) is 9.59 Å². The Kier molecular flexibility index (Phi) is 4.79. The monoisotopic (exact) mass is 321 g/mol. The smallest absolute Gasteiger partial charge is 0.308 e. The molecule has 118 valence electrons. The Morgan fingerprint density at radius 3 is 2.25 bits per heavy atom. The van der Waals surface area contributed by atoms with Crippen molar-refractivity contribution < 1.29 is 14.7 Å². The van der Waals surface area contributed by atoms with E-state index >= 15 is 0 Å². The van der Waals surface area contributed by atoms with Gasteiger partial charge in [0.1, 0.15) is 23.9 Å². The van der Waals surface area contributed by atoms with Crippen molar-refractivity contribution in [3.63, 3.8) is 0 Å². The predicted octanol–water partition coefficient (Wildman–Crippen LogP) is 1.36. The van der Waals surface area contributed by atoms with Gasteiger partial charge in [0.25, 0.3) is 0 Å². The van der Waals surface area contributed by atoms with Crippen LogP contribution in [0.3, 0.4) is 0 Å². The van der Waals surface area contributed by atoms with Gasteiger partial charge in [0.15, 0.2) is 5.57 Å². The van der Waals surface area contributed by atoms with Crippen LogP contribution in [0.5, 0.6) is 0 Å². The number of aliphatic carboxylic acids is 1. The number of nitrogens with zero attached hydrogens (tertiary/aromatic N) is 4. The van der Waals surface area contributed by atoms with Gasteiger partial charge in [-0.3, -0.25) is 9.59 Å². The van der Waals surface area contributed by atoms with Gasteiger partial charge in [-0.15, -0.1) is 0 Å². The number of nitrogens with one attached hydrogen (secondary N) is 1. The molecule has 1 amide bonds. The summed E-state index contributed by atoms with van der Waals surface area (Å²) in [5.41, 5.74) is 0.494. The molecule has 1 fully saturated rings. The molecule has 0 radical (unpaired) electrons. The molecule has 0 spiro atoms. The van der Waals surface area contributed by atoms with Gasteiger partial charge >= 0.3 is 5.97 Å². The number of anilines is 2. The number of carboxylic acid groups (broad SMARTS) is 1. The number of benzene rings is 1. The van der Waals surface area contributed by atoms with E-state index in [1.807, 2.05) is 0 Å². The highest BCUT2D eigenvalue weighted by Crippen LogP contribution is 2.26. The second-order valence-electron chi connectivity index (χ2n) is 5.00. The minimum atomic E-state index is -1.01. The van der Waals surface area contributed by atoms with Crippen LogP contribution in [0, 0.1) is 39.9 Å². The van der Waals surface area contributed by atoms with E-state index in [1.165, 1.54) is 4.90 Å². The molecular weight excluding hydrogens is 310 g/mol. The fourth-order valence-corrected chi connectivity index (χ4v) is 2.27. The van der Waals surface area contributed by atoms with E-state index < -0.39 is 11.9 Å². The molecule has 2 N–H and O–H groups in total. The molecule has 0 bridgehead atoms. The van der Waals surface area contributed by atoms with Gasteiger partial charge in [-0.1, -0.05) is 0 Å². The number of carboxylic acids is 1. The summed E-state index contributed by atoms with van der Waals surface area (Å²) in [5.74, 6) is -2.00. The van der Waals surface area contributed by atoms with Crippen molar-refractivity contribution in [2.75, 3.05) is 16.8 Å². The van der Waals surface area contributed by atoms with Crippen LogP contribution in [0.15, 0.2) is 35.5 Å². The lowest BCUT2D eigenvalue weighted by Gasteiger charge is -2.16. The lowest BCUT2D eigenvalue weighted by molar-refractivity contribution is -0.141. The third kappa shape index (κ3) is 3.32. The molecular formula is C16H11N5O3. The Labute approximate surface area is 137 Å². The molecule has 24 heavy (non-hydrogen) atoms. The van der Waals surface area contributed by atoms with Crippen molar-refractivity contribution in [3.8, 4) is 18.2 Å². The average molecular weight is 321 g/mol. The molecule has 1 unspecified atom stereocenters. The minimum absolute atomic E-state index is 0.0373. The quantitative estimate of drug-likeness (QED) is 0.797. The van der Waals surface area contributed by atoms with Crippen LogP contribution in [0.25, 0.3) is 0 Å². The second kappa shape index (κ2) is 6.95. The van der Waals surface area contributed by atoms with Crippen molar-refractivity contribution >= 4 is 23.3 Å². The number of allylic oxidation sites excluding steroid dienone is 2. The standard InChI is InChI=1S/C16H11N5O3/c17-6-11(7-18)14(8-19)20-12-1-3-13(4-2-12)21-9-10(16(23)24)5-15(21)22/h1-4,10,20H,5,9H2,(H,23,24). The zero-order valence-electron chi connectivity index (χ0n) is 12.4. The molecule has 1 heterocycles. The lowest BCUT2D eigenvalue weighted by Crippen LogP contribution is -2.25. The third-order valence-electron chi connectivity index (χ3n) is 3.51. The van der Waals surface area contributed by atoms with Crippen molar-refractivity contribution in [1.29, 1.82) is 15.8 Å². The van der Waals surface area contributed by atoms with Crippen molar-refractivity contribution in [1.82, 2.24) is 0 Å². The van der Waals surface area contributed by atoms with Crippen LogP contribution in [0.2, 0.25) is 0 Å². The highest BCUT2D eigenvalue weighted by atomic mass is 16.4. The van der Waals surface area contributed by atoms with E-state index in [0.717, 1.165) is 0 Å². The van der Waals surface area contributed by atoms with Crippen LogP contribution in [0.1, 0.15) is 6.42 Å². The number of nitriles is 3. The summed E-state index contributed by atoms with van der Waals surface area (Å²) in [6.07, 6.45) is -0.0373. The molecule has 1 aromatic carbocycles. The first-order valence-electron chi connectivity index (χ1n) is 6.85. The molecule has 1 saturated heterocycles. The molecule has 8 nitrogen and oxygen atoms in total. The van der Waals surface area contributed by atoms with Gasteiger partial charge in [-0.25, -0.2) is 0 Å². The van der Waals surface area contributed by atoms with Crippen molar-refractivity contribution in [3.05, 3.63) is 35.5 Å². The highest BCUT2D eigenvalue weighted by Gasteiger charge is 2.34. The summed E-state index contributed by atoms with van der Waals surface area (Å²) in [5, 5.41) is 38.2. The third-order valence-corrected chi connectivity index (χ3v) is 3.51. The van der Waals surface area contributed by atoms with Crippen molar-refractivity contribution in [2.45, 2.75) is 6.42 Å². The minimum Gasteiger partial charge on any atom is -0.481 e. The fraction of sp³-hybridized carbons (Fsp3) is 0.188. The summed E-state index contributed by atoms with van der Waals surface area (Å²) in [6, 6.07) is 11.3. The number of rotatable bonds is 4. The van der Waals surface area contributed by atoms with Gasteiger partial charge in [0.05, 0.1) is 5.92 Å². The maximum Gasteiger partial charge on any atom is 0.308 e.